The predicted octanol–water partition coefficient (Wildman–Crippen LogP) is 2.91. The van der Waals surface area contributed by atoms with Gasteiger partial charge in [0.15, 0.2) is 6.10 Å². The van der Waals surface area contributed by atoms with E-state index in [2.05, 4.69) is 5.32 Å². The number of hydrogen-bond acceptors (Lipinski definition) is 3. The Morgan fingerprint density at radius 2 is 2.00 bits per heavy atom. The lowest BCUT2D eigenvalue weighted by atomic mass is 10.1. The molecule has 4 heteroatoms. The first-order valence-electron chi connectivity index (χ1n) is 7.05. The fraction of sp³-hybridized carbons (Fsp3) is 0.235. The number of anilines is 2. The highest BCUT2D eigenvalue weighted by Crippen LogP contribution is 2.29. The molecule has 0 spiro atoms. The lowest BCUT2D eigenvalue weighted by Crippen LogP contribution is -2.32. The summed E-state index contributed by atoms with van der Waals surface area (Å²) in [5.74, 6) is 0.478. The third kappa shape index (κ3) is 2.70. The molecule has 1 heterocycles. The van der Waals surface area contributed by atoms with E-state index in [4.69, 9.17) is 10.5 Å². The number of benzene rings is 2. The van der Waals surface area contributed by atoms with Crippen LogP contribution in [0.2, 0.25) is 0 Å². The summed E-state index contributed by atoms with van der Waals surface area (Å²) in [6.07, 6.45) is 0.905. The number of para-hydroxylation sites is 2. The van der Waals surface area contributed by atoms with Crippen LogP contribution in [0.1, 0.15) is 17.5 Å². The van der Waals surface area contributed by atoms with Gasteiger partial charge in [-0.25, -0.2) is 0 Å². The quantitative estimate of drug-likeness (QED) is 0.832. The van der Waals surface area contributed by atoms with Crippen LogP contribution < -0.4 is 15.8 Å². The zero-order chi connectivity index (χ0) is 14.8. The number of nitrogens with two attached hydrogens (primary N) is 1. The number of hydrogen-bond donors (Lipinski definition) is 2. The van der Waals surface area contributed by atoms with Crippen molar-refractivity contribution in [3.63, 3.8) is 0 Å². The van der Waals surface area contributed by atoms with Crippen LogP contribution in [0, 0.1) is 6.92 Å². The minimum atomic E-state index is -0.527. The maximum Gasteiger partial charge on any atom is 0.265 e. The van der Waals surface area contributed by atoms with E-state index in [0.717, 1.165) is 23.2 Å². The van der Waals surface area contributed by atoms with E-state index < -0.39 is 6.10 Å². The Kier molecular flexibility index (Phi) is 3.52. The third-order valence-corrected chi connectivity index (χ3v) is 3.75. The highest BCUT2D eigenvalue weighted by Gasteiger charge is 2.26. The molecule has 1 aliphatic rings. The summed E-state index contributed by atoms with van der Waals surface area (Å²) in [6, 6.07) is 13.4. The molecule has 1 aliphatic heterocycles. The summed E-state index contributed by atoms with van der Waals surface area (Å²) >= 11 is 0. The van der Waals surface area contributed by atoms with Gasteiger partial charge in [0.2, 0.25) is 0 Å². The monoisotopic (exact) mass is 282 g/mol. The van der Waals surface area contributed by atoms with E-state index in [1.54, 1.807) is 6.07 Å². The van der Waals surface area contributed by atoms with Gasteiger partial charge in [0.25, 0.3) is 5.91 Å². The lowest BCUT2D eigenvalue weighted by molar-refractivity contribution is -0.122. The fourth-order valence-corrected chi connectivity index (χ4v) is 2.58. The molecule has 108 valence electrons. The third-order valence-electron chi connectivity index (χ3n) is 3.75. The first-order valence-corrected chi connectivity index (χ1v) is 7.05. The molecule has 1 atom stereocenters. The molecular formula is C17H18N2O2. The summed E-state index contributed by atoms with van der Waals surface area (Å²) in [6.45, 7) is 1.93. The molecule has 0 saturated heterocycles. The van der Waals surface area contributed by atoms with Crippen LogP contribution >= 0.6 is 0 Å². The molecule has 3 N–H and O–H groups in total. The van der Waals surface area contributed by atoms with Crippen molar-refractivity contribution in [2.24, 2.45) is 0 Å². The molecule has 0 bridgehead atoms. The van der Waals surface area contributed by atoms with Gasteiger partial charge in [-0.3, -0.25) is 4.79 Å². The smallest absolute Gasteiger partial charge is 0.265 e. The minimum absolute atomic E-state index is 0.123. The second-order valence-electron chi connectivity index (χ2n) is 5.28. The van der Waals surface area contributed by atoms with Gasteiger partial charge in [-0.05, 0) is 43.0 Å². The van der Waals surface area contributed by atoms with Crippen LogP contribution in [-0.2, 0) is 11.2 Å². The van der Waals surface area contributed by atoms with E-state index in [1.807, 2.05) is 43.3 Å². The van der Waals surface area contributed by atoms with Crippen molar-refractivity contribution in [3.8, 4) is 5.75 Å². The van der Waals surface area contributed by atoms with Crippen molar-refractivity contribution < 1.29 is 9.53 Å². The zero-order valence-corrected chi connectivity index (χ0v) is 11.9. The first-order chi connectivity index (χ1) is 10.1. The maximum atomic E-state index is 12.3. The summed E-state index contributed by atoms with van der Waals surface area (Å²) in [5, 5.41) is 2.93. The van der Waals surface area contributed by atoms with Crippen LogP contribution in [-0.4, -0.2) is 12.0 Å². The first kappa shape index (κ1) is 13.5. The minimum Gasteiger partial charge on any atom is -0.478 e. The molecule has 21 heavy (non-hydrogen) atoms. The van der Waals surface area contributed by atoms with E-state index in [0.29, 0.717) is 17.9 Å². The predicted molar refractivity (Wildman–Crippen MR) is 83.4 cm³/mol. The zero-order valence-electron chi connectivity index (χ0n) is 11.9. The fourth-order valence-electron chi connectivity index (χ4n) is 2.58. The van der Waals surface area contributed by atoms with Crippen molar-refractivity contribution in [2.75, 3.05) is 11.1 Å². The normalized spacial score (nSPS) is 17.6. The van der Waals surface area contributed by atoms with Crippen molar-refractivity contribution >= 4 is 17.3 Å². The molecule has 0 fully saturated rings. The van der Waals surface area contributed by atoms with Crippen molar-refractivity contribution in [2.45, 2.75) is 25.9 Å². The van der Waals surface area contributed by atoms with E-state index in [9.17, 15) is 4.79 Å². The van der Waals surface area contributed by atoms with Crippen LogP contribution in [0.25, 0.3) is 0 Å². The molecule has 4 nitrogen and oxygen atoms in total. The number of amides is 1. The van der Waals surface area contributed by atoms with Gasteiger partial charge in [0, 0.05) is 5.69 Å². The number of fused-ring (bicyclic) bond motifs is 1. The van der Waals surface area contributed by atoms with Crippen LogP contribution in [0.15, 0.2) is 42.5 Å². The Hall–Kier alpha value is -2.49. The average molecular weight is 282 g/mol. The number of ether oxygens (including phenoxy) is 1. The van der Waals surface area contributed by atoms with Gasteiger partial charge >= 0.3 is 0 Å². The molecule has 0 aliphatic carbocycles. The van der Waals surface area contributed by atoms with Crippen molar-refractivity contribution in [1.82, 2.24) is 0 Å². The van der Waals surface area contributed by atoms with Crippen LogP contribution in [0.3, 0.4) is 0 Å². The number of nitrogens with one attached hydrogen (secondary N) is 1. The van der Waals surface area contributed by atoms with E-state index >= 15 is 0 Å². The number of aryl methyl sites for hydroxylation is 2. The molecule has 2 aromatic rings. The Labute approximate surface area is 123 Å². The summed E-state index contributed by atoms with van der Waals surface area (Å²) in [4.78, 5) is 12.3. The Morgan fingerprint density at radius 3 is 2.81 bits per heavy atom. The molecular weight excluding hydrogens is 264 g/mol. The maximum absolute atomic E-state index is 12.3. The van der Waals surface area contributed by atoms with Gasteiger partial charge in [0.1, 0.15) is 5.75 Å². The number of carbonyl (C=O) groups is 1. The van der Waals surface area contributed by atoms with Crippen molar-refractivity contribution in [3.05, 3.63) is 53.6 Å². The molecule has 0 saturated carbocycles. The van der Waals surface area contributed by atoms with Crippen molar-refractivity contribution in [1.29, 1.82) is 0 Å². The Morgan fingerprint density at radius 1 is 1.19 bits per heavy atom. The second kappa shape index (κ2) is 5.48. The standard InChI is InChI=1S/C17H18N2O2/c1-11-5-4-7-13(18)16(11)21-15-10-9-12-6-2-3-8-14(12)19-17(15)20/h2-8,15H,9-10,18H2,1H3,(H,19,20). The van der Waals surface area contributed by atoms with Gasteiger partial charge in [0.05, 0.1) is 5.69 Å². The Balaban J connectivity index is 1.83. The van der Waals surface area contributed by atoms with Gasteiger partial charge in [-0.15, -0.1) is 0 Å². The molecule has 0 radical (unpaired) electrons. The van der Waals surface area contributed by atoms with E-state index in [1.165, 1.54) is 0 Å². The summed E-state index contributed by atoms with van der Waals surface area (Å²) in [5.41, 5.74) is 9.45. The van der Waals surface area contributed by atoms with E-state index in [-0.39, 0.29) is 5.91 Å². The Bertz CT molecular complexity index is 662. The molecule has 1 unspecified atom stereocenters. The number of rotatable bonds is 2. The highest BCUT2D eigenvalue weighted by atomic mass is 16.5. The summed E-state index contributed by atoms with van der Waals surface area (Å²) in [7, 11) is 0. The number of nitrogen functional groups attached to an aromatic ring is 1. The molecule has 2 aromatic carbocycles. The van der Waals surface area contributed by atoms with Gasteiger partial charge in [-0.2, -0.15) is 0 Å². The highest BCUT2D eigenvalue weighted by molar-refractivity contribution is 5.96. The average Bonchev–Trinajstić information content (AvgIpc) is 2.62. The lowest BCUT2D eigenvalue weighted by Gasteiger charge is -2.18. The molecule has 1 amide bonds. The van der Waals surface area contributed by atoms with Crippen LogP contribution in [0.4, 0.5) is 11.4 Å². The SMILES string of the molecule is Cc1cccc(N)c1OC1CCc2ccccc2NC1=O. The molecule has 3 rings (SSSR count). The molecule has 0 aromatic heterocycles. The second-order valence-corrected chi connectivity index (χ2v) is 5.28. The van der Waals surface area contributed by atoms with Gasteiger partial charge < -0.3 is 15.8 Å². The summed E-state index contributed by atoms with van der Waals surface area (Å²) < 4.78 is 5.90. The van der Waals surface area contributed by atoms with Gasteiger partial charge in [-0.1, -0.05) is 30.3 Å². The largest absolute Gasteiger partial charge is 0.478 e. The number of carbonyl (C=O) groups excluding carboxylic acids is 1. The van der Waals surface area contributed by atoms with Crippen LogP contribution in [0.5, 0.6) is 5.75 Å². The topological polar surface area (TPSA) is 64.3 Å².